The standard InChI is InChI=1S/C18H31N3O/c1-4-15-14-21(12-11-20(15)5-2)17(13-19)16-9-7-8-10-18(16)22-6-3/h7-10,15,17H,4-6,11-14,19H2,1-3H3. The van der Waals surface area contributed by atoms with Crippen molar-refractivity contribution in [3.8, 4) is 5.75 Å². The summed E-state index contributed by atoms with van der Waals surface area (Å²) in [5.41, 5.74) is 7.37. The highest BCUT2D eigenvalue weighted by Crippen LogP contribution is 2.30. The predicted octanol–water partition coefficient (Wildman–Crippen LogP) is 2.50. The molecule has 1 aliphatic rings. The van der Waals surface area contributed by atoms with Gasteiger partial charge in [0.2, 0.25) is 0 Å². The molecule has 1 fully saturated rings. The summed E-state index contributed by atoms with van der Waals surface area (Å²) in [7, 11) is 0. The van der Waals surface area contributed by atoms with Crippen LogP contribution in [0.1, 0.15) is 38.8 Å². The highest BCUT2D eigenvalue weighted by Gasteiger charge is 2.30. The maximum Gasteiger partial charge on any atom is 0.124 e. The Morgan fingerprint density at radius 3 is 2.64 bits per heavy atom. The summed E-state index contributed by atoms with van der Waals surface area (Å²) < 4.78 is 5.81. The number of hydrogen-bond donors (Lipinski definition) is 1. The van der Waals surface area contributed by atoms with E-state index in [0.29, 0.717) is 19.2 Å². The zero-order valence-corrected chi connectivity index (χ0v) is 14.3. The van der Waals surface area contributed by atoms with E-state index in [9.17, 15) is 0 Å². The topological polar surface area (TPSA) is 41.7 Å². The lowest BCUT2D eigenvalue weighted by atomic mass is 10.0. The van der Waals surface area contributed by atoms with Crippen molar-refractivity contribution in [1.29, 1.82) is 0 Å². The lowest BCUT2D eigenvalue weighted by Crippen LogP contribution is -2.54. The smallest absolute Gasteiger partial charge is 0.124 e. The third kappa shape index (κ3) is 3.80. The molecule has 0 aromatic heterocycles. The lowest BCUT2D eigenvalue weighted by molar-refractivity contribution is 0.0501. The third-order valence-electron chi connectivity index (χ3n) is 4.76. The summed E-state index contributed by atoms with van der Waals surface area (Å²) in [4.78, 5) is 5.12. The number of nitrogens with two attached hydrogens (primary N) is 1. The Morgan fingerprint density at radius 2 is 2.00 bits per heavy atom. The van der Waals surface area contributed by atoms with Crippen LogP contribution >= 0.6 is 0 Å². The molecule has 4 heteroatoms. The number of ether oxygens (including phenoxy) is 1. The maximum atomic E-state index is 6.14. The van der Waals surface area contributed by atoms with Gasteiger partial charge in [-0.05, 0) is 26.0 Å². The Balaban J connectivity index is 2.18. The highest BCUT2D eigenvalue weighted by atomic mass is 16.5. The van der Waals surface area contributed by atoms with Gasteiger partial charge in [-0.2, -0.15) is 0 Å². The minimum Gasteiger partial charge on any atom is -0.494 e. The number of likely N-dealkylation sites (N-methyl/N-ethyl adjacent to an activating group) is 1. The molecule has 2 N–H and O–H groups in total. The molecule has 22 heavy (non-hydrogen) atoms. The lowest BCUT2D eigenvalue weighted by Gasteiger charge is -2.44. The van der Waals surface area contributed by atoms with E-state index in [2.05, 4.69) is 41.8 Å². The average Bonchev–Trinajstić information content (AvgIpc) is 2.57. The summed E-state index contributed by atoms with van der Waals surface area (Å²) in [6.07, 6.45) is 1.19. The Bertz CT molecular complexity index is 452. The first-order valence-electron chi connectivity index (χ1n) is 8.64. The van der Waals surface area contributed by atoms with Crippen molar-refractivity contribution in [1.82, 2.24) is 9.80 Å². The van der Waals surface area contributed by atoms with E-state index in [0.717, 1.165) is 31.9 Å². The minimum atomic E-state index is 0.246. The van der Waals surface area contributed by atoms with E-state index < -0.39 is 0 Å². The molecule has 4 nitrogen and oxygen atoms in total. The zero-order valence-electron chi connectivity index (χ0n) is 14.3. The van der Waals surface area contributed by atoms with Crippen LogP contribution in [0.25, 0.3) is 0 Å². The molecule has 1 aliphatic heterocycles. The summed E-state index contributed by atoms with van der Waals surface area (Å²) in [5, 5.41) is 0. The van der Waals surface area contributed by atoms with Crippen molar-refractivity contribution >= 4 is 0 Å². The molecular formula is C18H31N3O. The largest absolute Gasteiger partial charge is 0.494 e. The monoisotopic (exact) mass is 305 g/mol. The molecule has 0 saturated carbocycles. The van der Waals surface area contributed by atoms with Crippen LogP contribution in [0.3, 0.4) is 0 Å². The van der Waals surface area contributed by atoms with Gasteiger partial charge in [-0.25, -0.2) is 0 Å². The fraction of sp³-hybridized carbons (Fsp3) is 0.667. The van der Waals surface area contributed by atoms with Crippen LogP contribution < -0.4 is 10.5 Å². The van der Waals surface area contributed by atoms with Crippen LogP contribution in [0.2, 0.25) is 0 Å². The normalized spacial score (nSPS) is 21.7. The first-order chi connectivity index (χ1) is 10.7. The number of hydrogen-bond acceptors (Lipinski definition) is 4. The average molecular weight is 305 g/mol. The summed E-state index contributed by atoms with van der Waals surface area (Å²) in [6.45, 7) is 12.3. The molecule has 1 aromatic carbocycles. The maximum absolute atomic E-state index is 6.14. The number of rotatable bonds is 7. The molecule has 2 rings (SSSR count). The third-order valence-corrected chi connectivity index (χ3v) is 4.76. The molecule has 2 unspecified atom stereocenters. The van der Waals surface area contributed by atoms with E-state index in [1.807, 2.05) is 13.0 Å². The van der Waals surface area contributed by atoms with E-state index in [1.54, 1.807) is 0 Å². The van der Waals surface area contributed by atoms with Crippen molar-refractivity contribution in [3.63, 3.8) is 0 Å². The van der Waals surface area contributed by atoms with E-state index >= 15 is 0 Å². The molecule has 1 heterocycles. The van der Waals surface area contributed by atoms with Gasteiger partial charge in [0.05, 0.1) is 12.6 Å². The van der Waals surface area contributed by atoms with Gasteiger partial charge in [0.15, 0.2) is 0 Å². The van der Waals surface area contributed by atoms with Gasteiger partial charge in [-0.1, -0.05) is 32.0 Å². The predicted molar refractivity (Wildman–Crippen MR) is 92.3 cm³/mol. The Labute approximate surface area is 135 Å². The van der Waals surface area contributed by atoms with Crippen LogP contribution in [-0.4, -0.2) is 55.2 Å². The second kappa shape index (κ2) is 8.51. The van der Waals surface area contributed by atoms with Gasteiger partial charge in [-0.15, -0.1) is 0 Å². The summed E-state index contributed by atoms with van der Waals surface area (Å²) in [5.74, 6) is 0.978. The molecule has 2 atom stereocenters. The minimum absolute atomic E-state index is 0.246. The quantitative estimate of drug-likeness (QED) is 0.840. The first-order valence-corrected chi connectivity index (χ1v) is 8.64. The fourth-order valence-electron chi connectivity index (χ4n) is 3.52. The van der Waals surface area contributed by atoms with E-state index in [-0.39, 0.29) is 6.04 Å². The Morgan fingerprint density at radius 1 is 1.23 bits per heavy atom. The van der Waals surface area contributed by atoms with Crippen molar-refractivity contribution in [2.24, 2.45) is 5.73 Å². The van der Waals surface area contributed by atoms with E-state index in [4.69, 9.17) is 10.5 Å². The van der Waals surface area contributed by atoms with Crippen molar-refractivity contribution in [2.45, 2.75) is 39.3 Å². The van der Waals surface area contributed by atoms with E-state index in [1.165, 1.54) is 12.0 Å². The number of piperazine rings is 1. The van der Waals surface area contributed by atoms with Gasteiger partial charge in [-0.3, -0.25) is 9.80 Å². The van der Waals surface area contributed by atoms with Gasteiger partial charge in [0, 0.05) is 37.8 Å². The molecule has 1 aromatic rings. The highest BCUT2D eigenvalue weighted by molar-refractivity contribution is 5.36. The second-order valence-corrected chi connectivity index (χ2v) is 5.91. The van der Waals surface area contributed by atoms with Gasteiger partial charge < -0.3 is 10.5 Å². The van der Waals surface area contributed by atoms with Gasteiger partial charge >= 0.3 is 0 Å². The summed E-state index contributed by atoms with van der Waals surface area (Å²) in [6, 6.07) is 9.21. The zero-order chi connectivity index (χ0) is 15.9. The Hall–Kier alpha value is -1.10. The van der Waals surface area contributed by atoms with Crippen LogP contribution in [0.5, 0.6) is 5.75 Å². The number of nitrogens with zero attached hydrogens (tertiary/aromatic N) is 2. The second-order valence-electron chi connectivity index (χ2n) is 5.91. The van der Waals surface area contributed by atoms with Gasteiger partial charge in [0.25, 0.3) is 0 Å². The molecule has 124 valence electrons. The van der Waals surface area contributed by atoms with Crippen LogP contribution in [0.4, 0.5) is 0 Å². The molecule has 0 bridgehead atoms. The molecular weight excluding hydrogens is 274 g/mol. The Kier molecular flexibility index (Phi) is 6.68. The van der Waals surface area contributed by atoms with Crippen molar-refractivity contribution in [3.05, 3.63) is 29.8 Å². The molecule has 0 aliphatic carbocycles. The molecule has 0 spiro atoms. The van der Waals surface area contributed by atoms with Crippen molar-refractivity contribution < 1.29 is 4.74 Å². The van der Waals surface area contributed by atoms with Crippen LogP contribution in [0.15, 0.2) is 24.3 Å². The fourth-order valence-corrected chi connectivity index (χ4v) is 3.52. The molecule has 0 amide bonds. The molecule has 0 radical (unpaired) electrons. The molecule has 1 saturated heterocycles. The van der Waals surface area contributed by atoms with Gasteiger partial charge in [0.1, 0.15) is 5.75 Å². The number of benzene rings is 1. The SMILES string of the molecule is CCOc1ccccc1C(CN)N1CCN(CC)C(CC)C1. The first kappa shape index (κ1) is 17.3. The van der Waals surface area contributed by atoms with Crippen molar-refractivity contribution in [2.75, 3.05) is 39.3 Å². The summed E-state index contributed by atoms with van der Waals surface area (Å²) >= 11 is 0. The number of para-hydroxylation sites is 1. The van der Waals surface area contributed by atoms with Crippen LogP contribution in [-0.2, 0) is 0 Å². The van der Waals surface area contributed by atoms with Crippen LogP contribution in [0, 0.1) is 0 Å².